The molecule has 1 aromatic rings. The zero-order valence-electron chi connectivity index (χ0n) is 12.6. The topological polar surface area (TPSA) is 67.4 Å². The van der Waals surface area contributed by atoms with E-state index in [0.29, 0.717) is 12.3 Å². The van der Waals surface area contributed by atoms with Crippen LogP contribution in [0, 0.1) is 0 Å². The normalized spacial score (nSPS) is 13.2. The largest absolute Gasteiger partial charge is 0.496 e. The second kappa shape index (κ2) is 7.61. The van der Waals surface area contributed by atoms with Gasteiger partial charge in [-0.05, 0) is 38.6 Å². The van der Waals surface area contributed by atoms with Gasteiger partial charge in [-0.3, -0.25) is 0 Å². The van der Waals surface area contributed by atoms with Gasteiger partial charge in [-0.2, -0.15) is 0 Å². The Morgan fingerprint density at radius 3 is 2.60 bits per heavy atom. The molecule has 0 fully saturated rings. The Morgan fingerprint density at radius 2 is 2.05 bits per heavy atom. The molecule has 6 heteroatoms. The van der Waals surface area contributed by atoms with Gasteiger partial charge >= 0.3 is 0 Å². The fourth-order valence-corrected chi connectivity index (χ4v) is 3.40. The summed E-state index contributed by atoms with van der Waals surface area (Å²) >= 11 is 0. The summed E-state index contributed by atoms with van der Waals surface area (Å²) in [6.45, 7) is 4.46. The van der Waals surface area contributed by atoms with Crippen LogP contribution in [0.3, 0.4) is 0 Å². The molecule has 1 aromatic carbocycles. The number of benzene rings is 1. The van der Waals surface area contributed by atoms with Crippen LogP contribution in [0.1, 0.15) is 32.3 Å². The number of rotatable bonds is 8. The molecule has 20 heavy (non-hydrogen) atoms. The fraction of sp³-hybridized carbons (Fsp3) is 0.571. The van der Waals surface area contributed by atoms with Crippen molar-refractivity contribution >= 4 is 10.0 Å². The first-order valence-electron chi connectivity index (χ1n) is 6.78. The standard InChI is InChI=1S/C14H24N2O3S/c1-5-6-11(2)16-20(17,18)13-7-8-14(19-4)12(9-13)10-15-3/h7-9,11,15-16H,5-6,10H2,1-4H3. The van der Waals surface area contributed by atoms with Crippen molar-refractivity contribution in [2.24, 2.45) is 0 Å². The highest BCUT2D eigenvalue weighted by molar-refractivity contribution is 7.89. The maximum absolute atomic E-state index is 12.3. The second-order valence-electron chi connectivity index (χ2n) is 4.81. The number of hydrogen-bond donors (Lipinski definition) is 2. The minimum absolute atomic E-state index is 0.0696. The smallest absolute Gasteiger partial charge is 0.240 e. The van der Waals surface area contributed by atoms with Crippen LogP contribution in [0.2, 0.25) is 0 Å². The van der Waals surface area contributed by atoms with Crippen molar-refractivity contribution in [3.05, 3.63) is 23.8 Å². The highest BCUT2D eigenvalue weighted by Gasteiger charge is 2.18. The van der Waals surface area contributed by atoms with Crippen molar-refractivity contribution in [1.29, 1.82) is 0 Å². The summed E-state index contributed by atoms with van der Waals surface area (Å²) in [4.78, 5) is 0.270. The molecular formula is C14H24N2O3S. The summed E-state index contributed by atoms with van der Waals surface area (Å²) in [5.74, 6) is 0.680. The lowest BCUT2D eigenvalue weighted by Gasteiger charge is -2.15. The van der Waals surface area contributed by atoms with Crippen LogP contribution in [0.15, 0.2) is 23.1 Å². The molecule has 0 bridgehead atoms. The van der Waals surface area contributed by atoms with Crippen molar-refractivity contribution in [1.82, 2.24) is 10.0 Å². The molecule has 0 aliphatic rings. The Labute approximate surface area is 121 Å². The third-order valence-electron chi connectivity index (χ3n) is 3.01. The molecule has 1 rings (SSSR count). The number of methoxy groups -OCH3 is 1. The molecule has 1 atom stereocenters. The first-order chi connectivity index (χ1) is 9.44. The van der Waals surface area contributed by atoms with Crippen LogP contribution in [0.5, 0.6) is 5.75 Å². The van der Waals surface area contributed by atoms with Crippen molar-refractivity contribution in [2.75, 3.05) is 14.2 Å². The molecule has 114 valence electrons. The van der Waals surface area contributed by atoms with Gasteiger partial charge < -0.3 is 10.1 Å². The van der Waals surface area contributed by atoms with Crippen molar-refractivity contribution in [2.45, 2.75) is 44.2 Å². The van der Waals surface area contributed by atoms with Gasteiger partial charge in [0.1, 0.15) is 5.75 Å². The number of sulfonamides is 1. The monoisotopic (exact) mass is 300 g/mol. The Hall–Kier alpha value is -1.11. The summed E-state index contributed by atoms with van der Waals surface area (Å²) in [6, 6.07) is 4.83. The third kappa shape index (κ3) is 4.47. The van der Waals surface area contributed by atoms with Gasteiger partial charge in [-0.1, -0.05) is 13.3 Å². The van der Waals surface area contributed by atoms with E-state index in [9.17, 15) is 8.42 Å². The van der Waals surface area contributed by atoms with Crippen molar-refractivity contribution < 1.29 is 13.2 Å². The summed E-state index contributed by atoms with van der Waals surface area (Å²) in [5.41, 5.74) is 0.820. The van der Waals surface area contributed by atoms with E-state index in [1.54, 1.807) is 25.3 Å². The minimum Gasteiger partial charge on any atom is -0.496 e. The summed E-state index contributed by atoms with van der Waals surface area (Å²) in [7, 11) is -0.0995. The lowest BCUT2D eigenvalue weighted by molar-refractivity contribution is 0.408. The average Bonchev–Trinajstić information content (AvgIpc) is 2.38. The first-order valence-corrected chi connectivity index (χ1v) is 8.26. The molecule has 2 N–H and O–H groups in total. The molecule has 0 aliphatic carbocycles. The lowest BCUT2D eigenvalue weighted by atomic mass is 10.2. The number of hydrogen-bond acceptors (Lipinski definition) is 4. The molecule has 0 heterocycles. The van der Waals surface area contributed by atoms with E-state index in [0.717, 1.165) is 18.4 Å². The van der Waals surface area contributed by atoms with Gasteiger partial charge in [0, 0.05) is 18.2 Å². The van der Waals surface area contributed by atoms with Crippen molar-refractivity contribution in [3.63, 3.8) is 0 Å². The SMILES string of the molecule is CCCC(C)NS(=O)(=O)c1ccc(OC)c(CNC)c1. The molecular weight excluding hydrogens is 276 g/mol. The fourth-order valence-electron chi connectivity index (χ4n) is 2.08. The lowest BCUT2D eigenvalue weighted by Crippen LogP contribution is -2.32. The predicted octanol–water partition coefficient (Wildman–Crippen LogP) is 1.88. The van der Waals surface area contributed by atoms with Crippen LogP contribution in [-0.4, -0.2) is 28.6 Å². The molecule has 0 saturated heterocycles. The van der Waals surface area contributed by atoms with Gasteiger partial charge in [-0.25, -0.2) is 13.1 Å². The Balaban J connectivity index is 3.03. The van der Waals surface area contributed by atoms with Crippen LogP contribution in [0.4, 0.5) is 0 Å². The zero-order valence-corrected chi connectivity index (χ0v) is 13.4. The van der Waals surface area contributed by atoms with E-state index < -0.39 is 10.0 Å². The summed E-state index contributed by atoms with van der Waals surface area (Å²) < 4.78 is 32.5. The number of ether oxygens (including phenoxy) is 1. The molecule has 1 unspecified atom stereocenters. The van der Waals surface area contributed by atoms with Gasteiger partial charge in [0.2, 0.25) is 10.0 Å². The van der Waals surface area contributed by atoms with Crippen LogP contribution >= 0.6 is 0 Å². The second-order valence-corrected chi connectivity index (χ2v) is 6.53. The number of nitrogens with one attached hydrogen (secondary N) is 2. The van der Waals surface area contributed by atoms with E-state index in [4.69, 9.17) is 4.74 Å². The van der Waals surface area contributed by atoms with Crippen molar-refractivity contribution in [3.8, 4) is 5.75 Å². The molecule has 0 radical (unpaired) electrons. The van der Waals surface area contributed by atoms with Crippen LogP contribution in [-0.2, 0) is 16.6 Å². The predicted molar refractivity (Wildman–Crippen MR) is 80.4 cm³/mol. The Kier molecular flexibility index (Phi) is 6.45. The van der Waals surface area contributed by atoms with Crippen LogP contribution < -0.4 is 14.8 Å². The summed E-state index contributed by atoms with van der Waals surface area (Å²) in [5, 5.41) is 3.00. The minimum atomic E-state index is -3.48. The Morgan fingerprint density at radius 1 is 1.35 bits per heavy atom. The molecule has 0 aliphatic heterocycles. The van der Waals surface area contributed by atoms with E-state index in [1.165, 1.54) is 0 Å². The van der Waals surface area contributed by atoms with Gasteiger partial charge in [0.25, 0.3) is 0 Å². The van der Waals surface area contributed by atoms with Gasteiger partial charge in [-0.15, -0.1) is 0 Å². The molecule has 0 amide bonds. The third-order valence-corrected chi connectivity index (χ3v) is 4.59. The highest BCUT2D eigenvalue weighted by Crippen LogP contribution is 2.22. The maximum atomic E-state index is 12.3. The molecule has 0 spiro atoms. The zero-order chi connectivity index (χ0) is 15.2. The van der Waals surface area contributed by atoms with Crippen LogP contribution in [0.25, 0.3) is 0 Å². The van der Waals surface area contributed by atoms with Gasteiger partial charge in [0.05, 0.1) is 12.0 Å². The quantitative estimate of drug-likeness (QED) is 0.769. The molecule has 0 aromatic heterocycles. The average molecular weight is 300 g/mol. The Bertz CT molecular complexity index is 529. The van der Waals surface area contributed by atoms with E-state index in [-0.39, 0.29) is 10.9 Å². The van der Waals surface area contributed by atoms with Gasteiger partial charge in [0.15, 0.2) is 0 Å². The van der Waals surface area contributed by atoms with E-state index in [2.05, 4.69) is 10.0 Å². The maximum Gasteiger partial charge on any atom is 0.240 e. The van der Waals surface area contributed by atoms with E-state index in [1.807, 2.05) is 20.9 Å². The molecule has 5 nitrogen and oxygen atoms in total. The van der Waals surface area contributed by atoms with E-state index >= 15 is 0 Å². The first kappa shape index (κ1) is 16.9. The summed E-state index contributed by atoms with van der Waals surface area (Å²) in [6.07, 6.45) is 1.76. The highest BCUT2D eigenvalue weighted by atomic mass is 32.2. The molecule has 0 saturated carbocycles.